The first-order chi connectivity index (χ1) is 17.2. The van der Waals surface area contributed by atoms with Gasteiger partial charge in [0.15, 0.2) is 0 Å². The Morgan fingerprint density at radius 1 is 1.14 bits per heavy atom. The minimum Gasteiger partial charge on any atom is -0.326 e. The molecule has 2 N–H and O–H groups in total. The molecule has 4 atom stereocenters. The number of nitrogens with zero attached hydrogens (tertiary/aromatic N) is 3. The van der Waals surface area contributed by atoms with Gasteiger partial charge in [-0.05, 0) is 79.9 Å². The molecule has 3 aliphatic rings. The van der Waals surface area contributed by atoms with E-state index in [1.807, 2.05) is 11.7 Å². The highest BCUT2D eigenvalue weighted by Crippen LogP contribution is 2.42. The average Bonchev–Trinajstić information content (AvgIpc) is 3.25. The third-order valence-corrected chi connectivity index (χ3v) is 8.75. The summed E-state index contributed by atoms with van der Waals surface area (Å²) in [5, 5.41) is 7.31. The zero-order valence-electron chi connectivity index (χ0n) is 20.3. The number of amides is 1. The second kappa shape index (κ2) is 9.76. The van der Waals surface area contributed by atoms with Crippen LogP contribution in [-0.4, -0.2) is 54.7 Å². The van der Waals surface area contributed by atoms with Crippen molar-refractivity contribution in [1.29, 1.82) is 0 Å². The Morgan fingerprint density at radius 2 is 1.86 bits per heavy atom. The standard InChI is InChI=1S/C26H30FN5O3S/c1-17(33)29-21-7-9-23(10-8-21)36(34,35)28-15-22-13-19-11-12-32(22)16-24(19)26-14-25(30-31(26)2)18-3-5-20(27)6-4-18/h3-10,14,19,22,24,28H,11-13,15-16H2,1-2H3,(H,29,33)/t19-,22-,24+/m1/s1. The minimum atomic E-state index is -3.65. The topological polar surface area (TPSA) is 96.3 Å². The molecule has 3 fully saturated rings. The highest BCUT2D eigenvalue weighted by molar-refractivity contribution is 7.89. The van der Waals surface area contributed by atoms with Crippen molar-refractivity contribution in [2.24, 2.45) is 13.0 Å². The molecule has 6 rings (SSSR count). The van der Waals surface area contributed by atoms with Crippen LogP contribution in [0.3, 0.4) is 0 Å². The number of carbonyl (C=O) groups is 1. The highest BCUT2D eigenvalue weighted by atomic mass is 32.2. The molecular weight excluding hydrogens is 481 g/mol. The Morgan fingerprint density at radius 3 is 2.50 bits per heavy atom. The van der Waals surface area contributed by atoms with Crippen LogP contribution in [0.4, 0.5) is 10.1 Å². The van der Waals surface area contributed by atoms with Crippen LogP contribution in [-0.2, 0) is 21.9 Å². The molecule has 0 saturated carbocycles. The molecule has 2 bridgehead atoms. The van der Waals surface area contributed by atoms with Crippen LogP contribution in [0.1, 0.15) is 31.4 Å². The SMILES string of the molecule is CC(=O)Nc1ccc(S(=O)(=O)NC[C@H]2C[C@H]3CCN2C[C@@H]3c2cc(-c3ccc(F)cc3)nn2C)cc1. The normalized spacial score (nSPS) is 23.5. The quantitative estimate of drug-likeness (QED) is 0.507. The number of aryl methyl sites for hydroxylation is 1. The van der Waals surface area contributed by atoms with Gasteiger partial charge in [0.25, 0.3) is 0 Å². The lowest BCUT2D eigenvalue weighted by atomic mass is 9.74. The maximum absolute atomic E-state index is 13.3. The van der Waals surface area contributed by atoms with Crippen molar-refractivity contribution < 1.29 is 17.6 Å². The van der Waals surface area contributed by atoms with Crippen molar-refractivity contribution in [3.63, 3.8) is 0 Å². The fraction of sp³-hybridized carbons (Fsp3) is 0.385. The van der Waals surface area contributed by atoms with Gasteiger partial charge in [0.1, 0.15) is 5.82 Å². The Labute approximate surface area is 210 Å². The number of aromatic nitrogens is 2. The van der Waals surface area contributed by atoms with E-state index in [1.54, 1.807) is 24.3 Å². The maximum Gasteiger partial charge on any atom is 0.240 e. The Hall–Kier alpha value is -3.08. The maximum atomic E-state index is 13.3. The largest absolute Gasteiger partial charge is 0.326 e. The molecule has 3 saturated heterocycles. The van der Waals surface area contributed by atoms with Crippen LogP contribution in [0, 0.1) is 11.7 Å². The van der Waals surface area contributed by atoms with Gasteiger partial charge in [-0.3, -0.25) is 14.4 Å². The first kappa shape index (κ1) is 24.6. The first-order valence-corrected chi connectivity index (χ1v) is 13.6. The lowest BCUT2D eigenvalue weighted by Gasteiger charge is -2.49. The third-order valence-electron chi connectivity index (χ3n) is 7.31. The van der Waals surface area contributed by atoms with Crippen LogP contribution in [0.5, 0.6) is 0 Å². The van der Waals surface area contributed by atoms with Gasteiger partial charge in [-0.1, -0.05) is 0 Å². The molecule has 10 heteroatoms. The van der Waals surface area contributed by atoms with Gasteiger partial charge in [-0.2, -0.15) is 5.10 Å². The molecule has 2 aromatic carbocycles. The Balaban J connectivity index is 1.24. The summed E-state index contributed by atoms with van der Waals surface area (Å²) in [6, 6.07) is 14.8. The number of nitrogens with one attached hydrogen (secondary N) is 2. The molecular formula is C26H30FN5O3S. The van der Waals surface area contributed by atoms with Crippen LogP contribution >= 0.6 is 0 Å². The number of rotatable bonds is 7. The van der Waals surface area contributed by atoms with E-state index in [4.69, 9.17) is 0 Å². The lowest BCUT2D eigenvalue weighted by Crippen LogP contribution is -2.56. The number of fused-ring (bicyclic) bond motifs is 3. The smallest absolute Gasteiger partial charge is 0.240 e. The number of hydrogen-bond donors (Lipinski definition) is 2. The molecule has 4 heterocycles. The number of carbonyl (C=O) groups excluding carboxylic acids is 1. The summed E-state index contributed by atoms with van der Waals surface area (Å²) in [6.45, 7) is 3.56. The van der Waals surface area contributed by atoms with E-state index in [9.17, 15) is 17.6 Å². The van der Waals surface area contributed by atoms with Gasteiger partial charge < -0.3 is 5.32 Å². The second-order valence-electron chi connectivity index (χ2n) is 9.68. The van der Waals surface area contributed by atoms with Gasteiger partial charge >= 0.3 is 0 Å². The third kappa shape index (κ3) is 5.07. The molecule has 3 aliphatic heterocycles. The second-order valence-corrected chi connectivity index (χ2v) is 11.4. The van der Waals surface area contributed by atoms with Crippen LogP contribution in [0.2, 0.25) is 0 Å². The fourth-order valence-electron chi connectivity index (χ4n) is 5.49. The van der Waals surface area contributed by atoms with E-state index in [2.05, 4.69) is 26.1 Å². The molecule has 8 nitrogen and oxygen atoms in total. The Kier molecular flexibility index (Phi) is 6.67. The van der Waals surface area contributed by atoms with E-state index in [-0.39, 0.29) is 22.7 Å². The summed E-state index contributed by atoms with van der Waals surface area (Å²) < 4.78 is 43.7. The number of sulfonamides is 1. The van der Waals surface area contributed by atoms with E-state index in [0.29, 0.717) is 24.1 Å². The molecule has 190 valence electrons. The molecule has 0 spiro atoms. The zero-order chi connectivity index (χ0) is 25.4. The monoisotopic (exact) mass is 511 g/mol. The predicted molar refractivity (Wildman–Crippen MR) is 135 cm³/mol. The van der Waals surface area contributed by atoms with Crippen molar-refractivity contribution in [3.05, 3.63) is 66.1 Å². The summed E-state index contributed by atoms with van der Waals surface area (Å²) >= 11 is 0. The van der Waals surface area contributed by atoms with E-state index < -0.39 is 10.0 Å². The molecule has 1 aromatic heterocycles. The number of halogens is 1. The summed E-state index contributed by atoms with van der Waals surface area (Å²) in [5.41, 5.74) is 3.43. The summed E-state index contributed by atoms with van der Waals surface area (Å²) in [7, 11) is -1.71. The van der Waals surface area contributed by atoms with Crippen molar-refractivity contribution in [2.75, 3.05) is 25.0 Å². The molecule has 36 heavy (non-hydrogen) atoms. The number of piperidine rings is 3. The van der Waals surface area contributed by atoms with Crippen LogP contribution in [0.25, 0.3) is 11.3 Å². The zero-order valence-corrected chi connectivity index (χ0v) is 21.1. The van der Waals surface area contributed by atoms with Gasteiger partial charge in [0, 0.05) is 56.0 Å². The van der Waals surface area contributed by atoms with Crippen LogP contribution in [0.15, 0.2) is 59.5 Å². The van der Waals surface area contributed by atoms with E-state index >= 15 is 0 Å². The van der Waals surface area contributed by atoms with Crippen LogP contribution < -0.4 is 10.0 Å². The summed E-state index contributed by atoms with van der Waals surface area (Å²) in [5.74, 6) is 0.287. The van der Waals surface area contributed by atoms with Crippen molar-refractivity contribution >= 4 is 21.6 Å². The average molecular weight is 512 g/mol. The van der Waals surface area contributed by atoms with Gasteiger partial charge in [0.2, 0.25) is 15.9 Å². The van der Waals surface area contributed by atoms with Gasteiger partial charge in [-0.25, -0.2) is 17.5 Å². The van der Waals surface area contributed by atoms with Gasteiger partial charge in [0.05, 0.1) is 10.6 Å². The van der Waals surface area contributed by atoms with Crippen molar-refractivity contribution in [1.82, 2.24) is 19.4 Å². The summed E-state index contributed by atoms with van der Waals surface area (Å²) in [6.07, 6.45) is 1.97. The van der Waals surface area contributed by atoms with Crippen molar-refractivity contribution in [3.8, 4) is 11.3 Å². The molecule has 0 aliphatic carbocycles. The van der Waals surface area contributed by atoms with Gasteiger partial charge in [-0.15, -0.1) is 0 Å². The van der Waals surface area contributed by atoms with Crippen molar-refractivity contribution in [2.45, 2.75) is 36.6 Å². The molecule has 1 amide bonds. The first-order valence-electron chi connectivity index (χ1n) is 12.1. The van der Waals surface area contributed by atoms with E-state index in [1.165, 1.54) is 31.2 Å². The summed E-state index contributed by atoms with van der Waals surface area (Å²) in [4.78, 5) is 13.7. The van der Waals surface area contributed by atoms with E-state index in [0.717, 1.165) is 42.9 Å². The molecule has 0 radical (unpaired) electrons. The number of hydrogen-bond acceptors (Lipinski definition) is 5. The highest BCUT2D eigenvalue weighted by Gasteiger charge is 2.42. The molecule has 3 aromatic rings. The number of anilines is 1. The Bertz CT molecular complexity index is 1360. The predicted octanol–water partition coefficient (Wildman–Crippen LogP) is 3.34. The minimum absolute atomic E-state index is 0.137. The number of benzene rings is 2. The fourth-order valence-corrected chi connectivity index (χ4v) is 6.56. The molecule has 1 unspecified atom stereocenters. The lowest BCUT2D eigenvalue weighted by molar-refractivity contribution is -0.114.